The minimum atomic E-state index is -0.436. The Morgan fingerprint density at radius 3 is 2.65 bits per heavy atom. The highest BCUT2D eigenvalue weighted by Gasteiger charge is 2.14. The molecule has 2 heterocycles. The summed E-state index contributed by atoms with van der Waals surface area (Å²) in [6, 6.07) is 9.60. The number of aryl methyl sites for hydroxylation is 1. The molecule has 0 saturated heterocycles. The number of benzene rings is 1. The summed E-state index contributed by atoms with van der Waals surface area (Å²) in [5, 5.41) is 4.34. The second-order valence-electron chi connectivity index (χ2n) is 4.28. The highest BCUT2D eigenvalue weighted by molar-refractivity contribution is 5.90. The van der Waals surface area contributed by atoms with Gasteiger partial charge < -0.3 is 4.74 Å². The molecule has 1 aromatic carbocycles. The fourth-order valence-electron chi connectivity index (χ4n) is 1.92. The topological polar surface area (TPSA) is 69.4 Å². The molecule has 0 N–H and O–H groups in total. The van der Waals surface area contributed by atoms with E-state index in [4.69, 9.17) is 4.74 Å². The molecule has 0 amide bonds. The third-order valence-corrected chi connectivity index (χ3v) is 2.96. The molecule has 100 valence electrons. The molecule has 0 saturated carbocycles. The molecule has 3 aromatic rings. The molecule has 2 aromatic heterocycles. The van der Waals surface area contributed by atoms with Gasteiger partial charge in [0.1, 0.15) is 0 Å². The highest BCUT2D eigenvalue weighted by atomic mass is 16.5. The summed E-state index contributed by atoms with van der Waals surface area (Å²) in [6.07, 6.45) is 1.59. The zero-order chi connectivity index (χ0) is 14.1. The van der Waals surface area contributed by atoms with E-state index in [0.29, 0.717) is 22.9 Å². The summed E-state index contributed by atoms with van der Waals surface area (Å²) in [5.74, 6) is 0.585. The van der Waals surface area contributed by atoms with Gasteiger partial charge >= 0.3 is 5.97 Å². The van der Waals surface area contributed by atoms with Gasteiger partial charge in [0, 0.05) is 11.8 Å². The van der Waals surface area contributed by atoms with Crippen molar-refractivity contribution in [3.63, 3.8) is 0 Å². The third-order valence-electron chi connectivity index (χ3n) is 2.96. The Balaban J connectivity index is 2.15. The van der Waals surface area contributed by atoms with E-state index < -0.39 is 5.97 Å². The molecule has 0 aliphatic heterocycles. The number of fused-ring (bicyclic) bond motifs is 1. The summed E-state index contributed by atoms with van der Waals surface area (Å²) in [4.78, 5) is 20.3. The van der Waals surface area contributed by atoms with Crippen LogP contribution < -0.4 is 0 Å². The molecule has 0 bridgehead atoms. The third kappa shape index (κ3) is 2.01. The summed E-state index contributed by atoms with van der Waals surface area (Å²) >= 11 is 0. The van der Waals surface area contributed by atoms with Gasteiger partial charge in [-0.3, -0.25) is 0 Å². The first-order valence-electron chi connectivity index (χ1n) is 6.07. The first kappa shape index (κ1) is 12.3. The van der Waals surface area contributed by atoms with E-state index in [1.807, 2.05) is 30.3 Å². The van der Waals surface area contributed by atoms with Gasteiger partial charge in [-0.05, 0) is 6.92 Å². The monoisotopic (exact) mass is 268 g/mol. The van der Waals surface area contributed by atoms with E-state index in [9.17, 15) is 4.79 Å². The number of nitrogens with zero attached hydrogens (tertiary/aromatic N) is 4. The highest BCUT2D eigenvalue weighted by Crippen LogP contribution is 2.16. The maximum absolute atomic E-state index is 11.6. The van der Waals surface area contributed by atoms with Crippen LogP contribution in [0.5, 0.6) is 0 Å². The molecular formula is C14H12N4O2. The summed E-state index contributed by atoms with van der Waals surface area (Å²) in [7, 11) is 1.34. The van der Waals surface area contributed by atoms with Crippen LogP contribution in [0, 0.1) is 6.92 Å². The minimum Gasteiger partial charge on any atom is -0.465 e. The van der Waals surface area contributed by atoms with Crippen LogP contribution in [0.15, 0.2) is 36.5 Å². The van der Waals surface area contributed by atoms with Crippen molar-refractivity contribution in [2.45, 2.75) is 6.92 Å². The second kappa shape index (κ2) is 4.73. The normalized spacial score (nSPS) is 10.7. The van der Waals surface area contributed by atoms with Gasteiger partial charge in [-0.2, -0.15) is 4.98 Å². The van der Waals surface area contributed by atoms with Crippen molar-refractivity contribution in [1.82, 2.24) is 19.6 Å². The quantitative estimate of drug-likeness (QED) is 0.664. The minimum absolute atomic E-state index is 0.379. The Labute approximate surface area is 115 Å². The number of rotatable bonds is 2. The van der Waals surface area contributed by atoms with Gasteiger partial charge in [0.25, 0.3) is 5.78 Å². The van der Waals surface area contributed by atoms with Crippen molar-refractivity contribution in [3.05, 3.63) is 47.8 Å². The SMILES string of the molecule is COC(=O)c1cn2nc(-c3ccccc3)nc2nc1C. The first-order chi connectivity index (χ1) is 9.69. The number of carbonyl (C=O) groups excluding carboxylic acids is 1. The van der Waals surface area contributed by atoms with Crippen molar-refractivity contribution < 1.29 is 9.53 Å². The largest absolute Gasteiger partial charge is 0.465 e. The summed E-state index contributed by atoms with van der Waals surface area (Å²) < 4.78 is 6.20. The second-order valence-corrected chi connectivity index (χ2v) is 4.28. The number of hydrogen-bond donors (Lipinski definition) is 0. The molecule has 0 atom stereocenters. The lowest BCUT2D eigenvalue weighted by atomic mass is 10.2. The maximum Gasteiger partial charge on any atom is 0.341 e. The van der Waals surface area contributed by atoms with E-state index >= 15 is 0 Å². The smallest absolute Gasteiger partial charge is 0.341 e. The molecule has 6 heteroatoms. The Morgan fingerprint density at radius 2 is 1.95 bits per heavy atom. The van der Waals surface area contributed by atoms with E-state index in [0.717, 1.165) is 5.56 Å². The molecule has 0 spiro atoms. The summed E-state index contributed by atoms with van der Waals surface area (Å²) in [6.45, 7) is 1.74. The van der Waals surface area contributed by atoms with Gasteiger partial charge in [-0.25, -0.2) is 14.3 Å². The van der Waals surface area contributed by atoms with Crippen LogP contribution in [-0.4, -0.2) is 32.7 Å². The molecular weight excluding hydrogens is 256 g/mol. The lowest BCUT2D eigenvalue weighted by Gasteiger charge is -2.02. The Hall–Kier alpha value is -2.76. The van der Waals surface area contributed by atoms with Gasteiger partial charge in [-0.1, -0.05) is 30.3 Å². The fraction of sp³-hybridized carbons (Fsp3) is 0.143. The molecule has 0 radical (unpaired) electrons. The lowest BCUT2D eigenvalue weighted by molar-refractivity contribution is 0.0598. The molecule has 0 fully saturated rings. The fourth-order valence-corrected chi connectivity index (χ4v) is 1.92. The van der Waals surface area contributed by atoms with Crippen molar-refractivity contribution >= 4 is 11.7 Å². The Morgan fingerprint density at radius 1 is 1.20 bits per heavy atom. The van der Waals surface area contributed by atoms with Gasteiger partial charge in [-0.15, -0.1) is 5.10 Å². The molecule has 20 heavy (non-hydrogen) atoms. The van der Waals surface area contributed by atoms with Crippen LogP contribution in [0.25, 0.3) is 17.2 Å². The van der Waals surface area contributed by atoms with E-state index in [2.05, 4.69) is 15.1 Å². The maximum atomic E-state index is 11.6. The van der Waals surface area contributed by atoms with Crippen LogP contribution in [0.3, 0.4) is 0 Å². The predicted molar refractivity (Wildman–Crippen MR) is 72.3 cm³/mol. The van der Waals surface area contributed by atoms with Crippen molar-refractivity contribution in [1.29, 1.82) is 0 Å². The van der Waals surface area contributed by atoms with Crippen LogP contribution in [0.2, 0.25) is 0 Å². The van der Waals surface area contributed by atoms with E-state index in [1.165, 1.54) is 11.6 Å². The Kier molecular flexibility index (Phi) is 2.90. The average molecular weight is 268 g/mol. The van der Waals surface area contributed by atoms with Crippen molar-refractivity contribution in [2.24, 2.45) is 0 Å². The zero-order valence-electron chi connectivity index (χ0n) is 11.1. The molecule has 0 unspecified atom stereocenters. The summed E-state index contributed by atoms with van der Waals surface area (Å²) in [5.41, 5.74) is 1.84. The first-order valence-corrected chi connectivity index (χ1v) is 6.07. The average Bonchev–Trinajstić information content (AvgIpc) is 2.89. The van der Waals surface area contributed by atoms with Gasteiger partial charge in [0.15, 0.2) is 5.82 Å². The number of aromatic nitrogens is 4. The van der Waals surface area contributed by atoms with Gasteiger partial charge in [0.2, 0.25) is 0 Å². The van der Waals surface area contributed by atoms with Crippen LogP contribution in [0.1, 0.15) is 16.1 Å². The van der Waals surface area contributed by atoms with Crippen LogP contribution >= 0.6 is 0 Å². The molecule has 0 aliphatic rings. The van der Waals surface area contributed by atoms with Crippen LogP contribution in [-0.2, 0) is 4.74 Å². The molecule has 0 aliphatic carbocycles. The molecule has 3 rings (SSSR count). The van der Waals surface area contributed by atoms with Gasteiger partial charge in [0.05, 0.1) is 18.4 Å². The van der Waals surface area contributed by atoms with E-state index in [1.54, 1.807) is 13.1 Å². The standard InChI is InChI=1S/C14H12N4O2/c1-9-11(13(19)20-2)8-18-14(15-9)16-12(17-18)10-6-4-3-5-7-10/h3-8H,1-2H3. The predicted octanol–water partition coefficient (Wildman–Crippen LogP) is 1.89. The number of methoxy groups -OCH3 is 1. The number of hydrogen-bond acceptors (Lipinski definition) is 5. The lowest BCUT2D eigenvalue weighted by Crippen LogP contribution is -2.08. The molecule has 6 nitrogen and oxygen atoms in total. The number of ether oxygens (including phenoxy) is 1. The zero-order valence-corrected chi connectivity index (χ0v) is 11.1. The van der Waals surface area contributed by atoms with E-state index in [-0.39, 0.29) is 0 Å². The van der Waals surface area contributed by atoms with Crippen molar-refractivity contribution in [3.8, 4) is 11.4 Å². The van der Waals surface area contributed by atoms with Crippen LogP contribution in [0.4, 0.5) is 0 Å². The number of esters is 1. The number of carbonyl (C=O) groups is 1. The Bertz CT molecular complexity index is 780. The van der Waals surface area contributed by atoms with Crippen molar-refractivity contribution in [2.75, 3.05) is 7.11 Å².